The molecule has 0 aliphatic carbocycles. The summed E-state index contributed by atoms with van der Waals surface area (Å²) < 4.78 is 5.30. The summed E-state index contributed by atoms with van der Waals surface area (Å²) in [6.45, 7) is 3.16. The van der Waals surface area contributed by atoms with Crippen molar-refractivity contribution in [1.82, 2.24) is 4.90 Å². The number of halogens is 2. The number of fused-ring (bicyclic) bond motifs is 1. The molecule has 0 atom stereocenters. The Morgan fingerprint density at radius 3 is 2.46 bits per heavy atom. The Kier molecular flexibility index (Phi) is 4.95. The molecule has 0 aliphatic heterocycles. The van der Waals surface area contributed by atoms with Gasteiger partial charge in [0.15, 0.2) is 0 Å². The van der Waals surface area contributed by atoms with Crippen LogP contribution in [0.2, 0.25) is 10.0 Å². The van der Waals surface area contributed by atoms with Gasteiger partial charge in [0.2, 0.25) is 0 Å². The minimum absolute atomic E-state index is 0.356. The highest BCUT2D eigenvalue weighted by molar-refractivity contribution is 6.32. The molecular formula is C19H17Cl2NO2. The first-order valence-electron chi connectivity index (χ1n) is 7.59. The molecule has 24 heavy (non-hydrogen) atoms. The van der Waals surface area contributed by atoms with E-state index in [-0.39, 0.29) is 5.63 Å². The molecule has 0 unspecified atom stereocenters. The Labute approximate surface area is 150 Å². The summed E-state index contributed by atoms with van der Waals surface area (Å²) in [5, 5.41) is 2.25. The minimum Gasteiger partial charge on any atom is -0.423 e. The smallest absolute Gasteiger partial charge is 0.336 e. The number of rotatable bonds is 4. The molecule has 0 N–H and O–H groups in total. The summed E-state index contributed by atoms with van der Waals surface area (Å²) in [7, 11) is 1.99. The van der Waals surface area contributed by atoms with Gasteiger partial charge >= 0.3 is 5.63 Å². The quantitative estimate of drug-likeness (QED) is 0.610. The van der Waals surface area contributed by atoms with Crippen LogP contribution in [0.25, 0.3) is 11.0 Å². The topological polar surface area (TPSA) is 33.5 Å². The lowest BCUT2D eigenvalue weighted by Crippen LogP contribution is -2.18. The first-order valence-corrected chi connectivity index (χ1v) is 8.34. The average molecular weight is 362 g/mol. The number of nitrogens with zero attached hydrogens (tertiary/aromatic N) is 1. The summed E-state index contributed by atoms with van der Waals surface area (Å²) in [6, 6.07) is 12.9. The first kappa shape index (κ1) is 17.0. The molecule has 3 aromatic rings. The van der Waals surface area contributed by atoms with E-state index in [0.29, 0.717) is 23.7 Å². The van der Waals surface area contributed by atoms with E-state index in [1.54, 1.807) is 6.07 Å². The molecule has 124 valence electrons. The second-order valence-corrected chi connectivity index (χ2v) is 6.77. The van der Waals surface area contributed by atoms with Gasteiger partial charge in [0.05, 0.1) is 0 Å². The number of hydrogen-bond acceptors (Lipinski definition) is 3. The van der Waals surface area contributed by atoms with Crippen LogP contribution < -0.4 is 5.63 Å². The van der Waals surface area contributed by atoms with Crippen LogP contribution in [0.5, 0.6) is 0 Å². The van der Waals surface area contributed by atoms with Gasteiger partial charge in [0.1, 0.15) is 5.58 Å². The summed E-state index contributed by atoms with van der Waals surface area (Å²) in [5.41, 5.74) is 3.02. The van der Waals surface area contributed by atoms with Crippen molar-refractivity contribution in [3.05, 3.63) is 79.6 Å². The van der Waals surface area contributed by atoms with Crippen LogP contribution in [0, 0.1) is 6.92 Å². The Hall–Kier alpha value is -1.81. The predicted octanol–water partition coefficient (Wildman–Crippen LogP) is 5.04. The lowest BCUT2D eigenvalue weighted by Gasteiger charge is -2.18. The van der Waals surface area contributed by atoms with Crippen LogP contribution in [0.3, 0.4) is 0 Å². The van der Waals surface area contributed by atoms with E-state index in [1.807, 2.05) is 44.3 Å². The fourth-order valence-electron chi connectivity index (χ4n) is 2.74. The van der Waals surface area contributed by atoms with Crippen molar-refractivity contribution in [2.24, 2.45) is 0 Å². The normalized spacial score (nSPS) is 11.4. The van der Waals surface area contributed by atoms with Gasteiger partial charge in [-0.15, -0.1) is 0 Å². The van der Waals surface area contributed by atoms with Gasteiger partial charge in [-0.25, -0.2) is 4.79 Å². The zero-order valence-corrected chi connectivity index (χ0v) is 15.0. The van der Waals surface area contributed by atoms with Crippen molar-refractivity contribution in [3.63, 3.8) is 0 Å². The molecule has 3 rings (SSSR count). The van der Waals surface area contributed by atoms with Crippen molar-refractivity contribution in [2.45, 2.75) is 20.0 Å². The first-order chi connectivity index (χ1) is 11.4. The van der Waals surface area contributed by atoms with Gasteiger partial charge in [-0.2, -0.15) is 0 Å². The molecule has 2 aromatic carbocycles. The van der Waals surface area contributed by atoms with E-state index in [1.165, 1.54) is 6.07 Å². The van der Waals surface area contributed by atoms with Gasteiger partial charge in [-0.1, -0.05) is 41.4 Å². The molecule has 1 aromatic heterocycles. The number of benzene rings is 2. The third kappa shape index (κ3) is 3.64. The number of aryl methyl sites for hydroxylation is 1. The second kappa shape index (κ2) is 6.98. The molecule has 0 saturated carbocycles. The second-order valence-electron chi connectivity index (χ2n) is 5.95. The maximum absolute atomic E-state index is 11.9. The summed E-state index contributed by atoms with van der Waals surface area (Å²) >= 11 is 12.5. The van der Waals surface area contributed by atoms with Crippen LogP contribution in [0.4, 0.5) is 0 Å². The van der Waals surface area contributed by atoms with E-state index in [9.17, 15) is 4.79 Å². The molecule has 1 heterocycles. The zero-order chi connectivity index (χ0) is 17.3. The largest absolute Gasteiger partial charge is 0.423 e. The zero-order valence-electron chi connectivity index (χ0n) is 13.5. The van der Waals surface area contributed by atoms with Gasteiger partial charge in [-0.3, -0.25) is 4.90 Å². The highest BCUT2D eigenvalue weighted by Gasteiger charge is 2.11. The lowest BCUT2D eigenvalue weighted by molar-refractivity contribution is 0.319. The Morgan fingerprint density at radius 1 is 1.00 bits per heavy atom. The van der Waals surface area contributed by atoms with Crippen molar-refractivity contribution in [2.75, 3.05) is 7.05 Å². The van der Waals surface area contributed by atoms with Crippen molar-refractivity contribution in [3.8, 4) is 0 Å². The Bertz CT molecular complexity index is 950. The van der Waals surface area contributed by atoms with E-state index in [0.717, 1.165) is 27.1 Å². The molecule has 5 heteroatoms. The van der Waals surface area contributed by atoms with Crippen molar-refractivity contribution < 1.29 is 4.42 Å². The molecular weight excluding hydrogens is 345 g/mol. The molecule has 0 spiro atoms. The van der Waals surface area contributed by atoms with E-state index >= 15 is 0 Å². The van der Waals surface area contributed by atoms with Crippen LogP contribution in [0.1, 0.15) is 16.7 Å². The van der Waals surface area contributed by atoms with E-state index in [4.69, 9.17) is 27.6 Å². The van der Waals surface area contributed by atoms with Crippen molar-refractivity contribution >= 4 is 34.2 Å². The maximum Gasteiger partial charge on any atom is 0.336 e. The lowest BCUT2D eigenvalue weighted by atomic mass is 10.1. The third-order valence-electron chi connectivity index (χ3n) is 3.95. The molecule has 3 nitrogen and oxygen atoms in total. The Morgan fingerprint density at radius 2 is 1.71 bits per heavy atom. The van der Waals surface area contributed by atoms with E-state index < -0.39 is 0 Å². The summed E-state index contributed by atoms with van der Waals surface area (Å²) in [5.74, 6) is 0. The number of hydrogen-bond donors (Lipinski definition) is 0. The van der Waals surface area contributed by atoms with Gasteiger partial charge in [0, 0.05) is 34.6 Å². The van der Waals surface area contributed by atoms with Gasteiger partial charge in [0.25, 0.3) is 0 Å². The highest BCUT2D eigenvalue weighted by Crippen LogP contribution is 2.26. The van der Waals surface area contributed by atoms with Crippen LogP contribution in [-0.4, -0.2) is 11.9 Å². The fourth-order valence-corrected chi connectivity index (χ4v) is 3.10. The molecule has 0 aliphatic rings. The standard InChI is InChI=1S/C19H17Cl2NO2/c1-12-7-18-15(9-17(12)21)14(8-19(23)24-18)11-22(2)10-13-5-3-4-6-16(13)20/h3-9H,10-11H2,1-2H3. The minimum atomic E-state index is -0.356. The van der Waals surface area contributed by atoms with Crippen LogP contribution in [0.15, 0.2) is 51.7 Å². The predicted molar refractivity (Wildman–Crippen MR) is 98.9 cm³/mol. The summed E-state index contributed by atoms with van der Waals surface area (Å²) in [4.78, 5) is 14.0. The van der Waals surface area contributed by atoms with Gasteiger partial charge in [-0.05, 0) is 48.9 Å². The van der Waals surface area contributed by atoms with Crippen molar-refractivity contribution in [1.29, 1.82) is 0 Å². The molecule has 0 amide bonds. The molecule has 0 fully saturated rings. The fraction of sp³-hybridized carbons (Fsp3) is 0.211. The van der Waals surface area contributed by atoms with E-state index in [2.05, 4.69) is 4.90 Å². The average Bonchev–Trinajstić information content (AvgIpc) is 2.51. The molecule has 0 radical (unpaired) electrons. The summed E-state index contributed by atoms with van der Waals surface area (Å²) in [6.07, 6.45) is 0. The van der Waals surface area contributed by atoms with Crippen LogP contribution >= 0.6 is 23.2 Å². The molecule has 0 bridgehead atoms. The monoisotopic (exact) mass is 361 g/mol. The molecule has 0 saturated heterocycles. The van der Waals surface area contributed by atoms with Crippen LogP contribution in [-0.2, 0) is 13.1 Å². The Balaban J connectivity index is 1.93. The van der Waals surface area contributed by atoms with Gasteiger partial charge < -0.3 is 4.42 Å². The third-order valence-corrected chi connectivity index (χ3v) is 4.72. The highest BCUT2D eigenvalue weighted by atomic mass is 35.5. The maximum atomic E-state index is 11.9. The SMILES string of the molecule is Cc1cc2oc(=O)cc(CN(C)Cc3ccccc3Cl)c2cc1Cl.